The molecule has 2 heteroatoms. The van der Waals surface area contributed by atoms with Crippen LogP contribution in [0, 0.1) is 5.92 Å². The fourth-order valence-corrected chi connectivity index (χ4v) is 3.54. The summed E-state index contributed by atoms with van der Waals surface area (Å²) in [5.41, 5.74) is 7.59. The number of benzene rings is 1. The fraction of sp³-hybridized carbons (Fsp3) is 0.684. The van der Waals surface area contributed by atoms with Crippen molar-refractivity contribution in [2.45, 2.75) is 64.5 Å². The third-order valence-corrected chi connectivity index (χ3v) is 4.63. The Bertz CT molecular complexity index is 382. The van der Waals surface area contributed by atoms with Crippen LogP contribution in [-0.2, 0) is 0 Å². The Morgan fingerprint density at radius 2 is 1.81 bits per heavy atom. The van der Waals surface area contributed by atoms with Crippen LogP contribution in [0.3, 0.4) is 0 Å². The van der Waals surface area contributed by atoms with E-state index in [0.29, 0.717) is 0 Å². The van der Waals surface area contributed by atoms with E-state index in [9.17, 15) is 0 Å². The summed E-state index contributed by atoms with van der Waals surface area (Å²) in [6, 6.07) is 11.5. The number of hydrogen-bond acceptors (Lipinski definition) is 2. The van der Waals surface area contributed by atoms with Gasteiger partial charge in [-0.1, -0.05) is 57.0 Å². The Morgan fingerprint density at radius 1 is 1.14 bits per heavy atom. The van der Waals surface area contributed by atoms with Crippen LogP contribution in [0.4, 0.5) is 0 Å². The minimum atomic E-state index is 0.190. The molecule has 1 aliphatic carbocycles. The van der Waals surface area contributed by atoms with Crippen molar-refractivity contribution in [1.82, 2.24) is 4.90 Å². The Hall–Kier alpha value is -0.860. The molecule has 0 bridgehead atoms. The topological polar surface area (TPSA) is 29.3 Å². The van der Waals surface area contributed by atoms with Crippen LogP contribution in [0.25, 0.3) is 0 Å². The SMILES string of the molecule is CC(C)CN(CCCC(N)c1ccccc1)C1CCCC1. The van der Waals surface area contributed by atoms with E-state index in [1.807, 2.05) is 0 Å². The molecular weight excluding hydrogens is 256 g/mol. The van der Waals surface area contributed by atoms with Crippen molar-refractivity contribution >= 4 is 0 Å². The van der Waals surface area contributed by atoms with E-state index in [0.717, 1.165) is 18.4 Å². The van der Waals surface area contributed by atoms with Crippen molar-refractivity contribution < 1.29 is 0 Å². The predicted molar refractivity (Wildman–Crippen MR) is 91.3 cm³/mol. The lowest BCUT2D eigenvalue weighted by Gasteiger charge is -2.30. The standard InChI is InChI=1S/C19H32N2/c1-16(2)15-21(18-11-6-7-12-18)14-8-13-19(20)17-9-4-3-5-10-17/h3-5,9-10,16,18-19H,6-8,11-15,20H2,1-2H3. The van der Waals surface area contributed by atoms with E-state index in [1.165, 1.54) is 50.8 Å². The average Bonchev–Trinajstić information content (AvgIpc) is 3.00. The quantitative estimate of drug-likeness (QED) is 0.769. The molecule has 1 atom stereocenters. The molecule has 0 spiro atoms. The highest BCUT2D eigenvalue weighted by molar-refractivity contribution is 5.18. The van der Waals surface area contributed by atoms with Crippen LogP contribution in [0.2, 0.25) is 0 Å². The van der Waals surface area contributed by atoms with Gasteiger partial charge in [0.15, 0.2) is 0 Å². The molecule has 0 radical (unpaired) electrons. The Labute approximate surface area is 130 Å². The van der Waals surface area contributed by atoms with E-state index in [2.05, 4.69) is 49.1 Å². The van der Waals surface area contributed by atoms with Crippen molar-refractivity contribution in [2.24, 2.45) is 11.7 Å². The maximum Gasteiger partial charge on any atom is 0.0295 e. The van der Waals surface area contributed by atoms with E-state index in [1.54, 1.807) is 0 Å². The molecule has 1 aromatic rings. The molecule has 1 saturated carbocycles. The van der Waals surface area contributed by atoms with Crippen LogP contribution < -0.4 is 5.73 Å². The van der Waals surface area contributed by atoms with Crippen LogP contribution in [0.1, 0.15) is 64.0 Å². The van der Waals surface area contributed by atoms with Gasteiger partial charge in [-0.15, -0.1) is 0 Å². The third kappa shape index (κ3) is 5.44. The van der Waals surface area contributed by atoms with Gasteiger partial charge in [-0.25, -0.2) is 0 Å². The van der Waals surface area contributed by atoms with Gasteiger partial charge < -0.3 is 10.6 Å². The van der Waals surface area contributed by atoms with Crippen LogP contribution in [0.15, 0.2) is 30.3 Å². The lowest BCUT2D eigenvalue weighted by molar-refractivity contribution is 0.172. The van der Waals surface area contributed by atoms with E-state index < -0.39 is 0 Å². The zero-order valence-electron chi connectivity index (χ0n) is 13.8. The molecule has 1 aliphatic rings. The van der Waals surface area contributed by atoms with Crippen molar-refractivity contribution in [3.8, 4) is 0 Å². The van der Waals surface area contributed by atoms with Crippen molar-refractivity contribution in [2.75, 3.05) is 13.1 Å². The lowest BCUT2D eigenvalue weighted by atomic mass is 10.0. The second kappa shape index (κ2) is 8.55. The molecule has 0 heterocycles. The molecule has 0 amide bonds. The van der Waals surface area contributed by atoms with E-state index in [-0.39, 0.29) is 6.04 Å². The van der Waals surface area contributed by atoms with Gasteiger partial charge in [0.2, 0.25) is 0 Å². The first-order valence-electron chi connectivity index (χ1n) is 8.71. The molecule has 2 rings (SSSR count). The van der Waals surface area contributed by atoms with Crippen LogP contribution in [0.5, 0.6) is 0 Å². The summed E-state index contributed by atoms with van der Waals surface area (Å²) in [5.74, 6) is 0.758. The zero-order chi connectivity index (χ0) is 15.1. The Kier molecular flexibility index (Phi) is 6.72. The molecule has 1 aromatic carbocycles. The summed E-state index contributed by atoms with van der Waals surface area (Å²) in [5, 5.41) is 0. The zero-order valence-corrected chi connectivity index (χ0v) is 13.8. The van der Waals surface area contributed by atoms with Crippen molar-refractivity contribution in [3.63, 3.8) is 0 Å². The van der Waals surface area contributed by atoms with Crippen LogP contribution in [-0.4, -0.2) is 24.0 Å². The summed E-state index contributed by atoms with van der Waals surface area (Å²) in [7, 11) is 0. The molecule has 21 heavy (non-hydrogen) atoms. The highest BCUT2D eigenvalue weighted by atomic mass is 15.2. The third-order valence-electron chi connectivity index (χ3n) is 4.63. The molecule has 2 nitrogen and oxygen atoms in total. The fourth-order valence-electron chi connectivity index (χ4n) is 3.54. The maximum absolute atomic E-state index is 6.32. The predicted octanol–water partition coefficient (Wildman–Crippen LogP) is 4.37. The second-order valence-corrected chi connectivity index (χ2v) is 6.99. The Morgan fingerprint density at radius 3 is 2.43 bits per heavy atom. The van der Waals surface area contributed by atoms with Gasteiger partial charge in [0.05, 0.1) is 0 Å². The van der Waals surface area contributed by atoms with Gasteiger partial charge >= 0.3 is 0 Å². The average molecular weight is 288 g/mol. The summed E-state index contributed by atoms with van der Waals surface area (Å²) in [4.78, 5) is 2.73. The number of hydrogen-bond donors (Lipinski definition) is 1. The summed E-state index contributed by atoms with van der Waals surface area (Å²) < 4.78 is 0. The minimum absolute atomic E-state index is 0.190. The first kappa shape index (κ1) is 16.5. The lowest BCUT2D eigenvalue weighted by Crippen LogP contribution is -2.37. The molecule has 0 aliphatic heterocycles. The second-order valence-electron chi connectivity index (χ2n) is 6.99. The molecule has 1 fully saturated rings. The normalized spacial score (nSPS) is 17.8. The maximum atomic E-state index is 6.32. The monoisotopic (exact) mass is 288 g/mol. The van der Waals surface area contributed by atoms with Gasteiger partial charge in [0.25, 0.3) is 0 Å². The van der Waals surface area contributed by atoms with E-state index in [4.69, 9.17) is 5.73 Å². The van der Waals surface area contributed by atoms with Gasteiger partial charge in [0, 0.05) is 18.6 Å². The van der Waals surface area contributed by atoms with Gasteiger partial charge in [-0.2, -0.15) is 0 Å². The molecule has 0 saturated heterocycles. The van der Waals surface area contributed by atoms with Gasteiger partial charge in [0.1, 0.15) is 0 Å². The molecular formula is C19H32N2. The smallest absolute Gasteiger partial charge is 0.0295 e. The highest BCUT2D eigenvalue weighted by Gasteiger charge is 2.22. The summed E-state index contributed by atoms with van der Waals surface area (Å²) in [6.45, 7) is 7.12. The van der Waals surface area contributed by atoms with Gasteiger partial charge in [-0.3, -0.25) is 0 Å². The number of nitrogens with two attached hydrogens (primary N) is 1. The summed E-state index contributed by atoms with van der Waals surface area (Å²) in [6.07, 6.45) is 7.94. The van der Waals surface area contributed by atoms with E-state index >= 15 is 0 Å². The van der Waals surface area contributed by atoms with Crippen molar-refractivity contribution in [1.29, 1.82) is 0 Å². The summed E-state index contributed by atoms with van der Waals surface area (Å²) >= 11 is 0. The van der Waals surface area contributed by atoms with Crippen molar-refractivity contribution in [3.05, 3.63) is 35.9 Å². The molecule has 0 aromatic heterocycles. The highest BCUT2D eigenvalue weighted by Crippen LogP contribution is 2.25. The first-order chi connectivity index (χ1) is 10.2. The largest absolute Gasteiger partial charge is 0.324 e. The number of nitrogens with zero attached hydrogens (tertiary/aromatic N) is 1. The van der Waals surface area contributed by atoms with Gasteiger partial charge in [-0.05, 0) is 43.7 Å². The molecule has 1 unspecified atom stereocenters. The molecule has 118 valence electrons. The first-order valence-corrected chi connectivity index (χ1v) is 8.71. The van der Waals surface area contributed by atoms with Crippen LogP contribution >= 0.6 is 0 Å². The molecule has 2 N–H and O–H groups in total. The number of rotatable bonds is 8. The Balaban J connectivity index is 1.78. The minimum Gasteiger partial charge on any atom is -0.324 e.